The van der Waals surface area contributed by atoms with E-state index < -0.39 is 18.9 Å². The van der Waals surface area contributed by atoms with Crippen LogP contribution in [0.25, 0.3) is 0 Å². The summed E-state index contributed by atoms with van der Waals surface area (Å²) in [7, 11) is -1.24. The Kier molecular flexibility index (Phi) is 4.80. The highest BCUT2D eigenvalue weighted by Gasteiger charge is 2.37. The molecule has 0 spiro atoms. The number of aryl methyl sites for hydroxylation is 1. The average Bonchev–Trinajstić information content (AvgIpc) is 3.01. The largest absolute Gasteiger partial charge is 0.535 e. The normalized spacial score (nSPS) is 16.2. The molecule has 0 amide bonds. The summed E-state index contributed by atoms with van der Waals surface area (Å²) < 4.78 is 6.94. The van der Waals surface area contributed by atoms with Crippen LogP contribution in [0, 0.1) is 0 Å². The maximum absolute atomic E-state index is 12.3. The minimum atomic E-state index is -1.24. The second-order valence-electron chi connectivity index (χ2n) is 5.90. The lowest BCUT2D eigenvalue weighted by molar-refractivity contribution is -0.118. The van der Waals surface area contributed by atoms with E-state index in [0.29, 0.717) is 24.4 Å². The maximum Gasteiger partial charge on any atom is 0.526 e. The second kappa shape index (κ2) is 7.02. The van der Waals surface area contributed by atoms with Gasteiger partial charge in [0.1, 0.15) is 11.5 Å². The van der Waals surface area contributed by atoms with E-state index in [-0.39, 0.29) is 29.9 Å². The molecule has 0 aliphatic carbocycles. The van der Waals surface area contributed by atoms with Crippen molar-refractivity contribution < 1.29 is 24.4 Å². The standard InChI is InChI=1S/C15H17BN4O5/c1-2-20-13(17-18-19-20)8-11(21)7-10-6-9-4-3-5-12(15(22)23)14(9)25-16(10)24/h3-5,10,24H,2,6-8H2,1H3,(H,22,23)/t10-/m1/s1. The number of hydrogen-bond acceptors (Lipinski definition) is 7. The van der Waals surface area contributed by atoms with Crippen LogP contribution >= 0.6 is 0 Å². The van der Waals surface area contributed by atoms with Gasteiger partial charge in [-0.25, -0.2) is 9.48 Å². The number of tetrazole rings is 1. The van der Waals surface area contributed by atoms with Crippen molar-refractivity contribution in [1.82, 2.24) is 20.2 Å². The molecule has 1 aromatic carbocycles. The number of benzene rings is 1. The Bertz CT molecular complexity index is 809. The van der Waals surface area contributed by atoms with Crippen molar-refractivity contribution in [2.24, 2.45) is 0 Å². The summed E-state index contributed by atoms with van der Waals surface area (Å²) in [6.07, 6.45) is 0.530. The highest BCUT2D eigenvalue weighted by molar-refractivity contribution is 6.47. The maximum atomic E-state index is 12.3. The third kappa shape index (κ3) is 3.53. The van der Waals surface area contributed by atoms with Gasteiger partial charge in [0.05, 0.1) is 12.0 Å². The lowest BCUT2D eigenvalue weighted by Crippen LogP contribution is -2.36. The van der Waals surface area contributed by atoms with E-state index in [2.05, 4.69) is 15.5 Å². The molecule has 1 aromatic heterocycles. The molecule has 25 heavy (non-hydrogen) atoms. The number of carbonyl (C=O) groups is 2. The first-order valence-corrected chi connectivity index (χ1v) is 7.96. The van der Waals surface area contributed by atoms with Crippen molar-refractivity contribution in [3.63, 3.8) is 0 Å². The van der Waals surface area contributed by atoms with Crippen molar-refractivity contribution >= 4 is 18.9 Å². The number of para-hydroxylation sites is 1. The summed E-state index contributed by atoms with van der Waals surface area (Å²) >= 11 is 0. The Morgan fingerprint density at radius 2 is 2.24 bits per heavy atom. The van der Waals surface area contributed by atoms with E-state index in [9.17, 15) is 19.7 Å². The van der Waals surface area contributed by atoms with Gasteiger partial charge in [-0.2, -0.15) is 0 Å². The summed E-state index contributed by atoms with van der Waals surface area (Å²) in [6, 6.07) is 4.78. The Hall–Kier alpha value is -2.75. The molecular weight excluding hydrogens is 327 g/mol. The smallest absolute Gasteiger partial charge is 0.526 e. The number of fused-ring (bicyclic) bond motifs is 1. The zero-order valence-corrected chi connectivity index (χ0v) is 13.6. The molecule has 10 heteroatoms. The van der Waals surface area contributed by atoms with Crippen LogP contribution in [0.2, 0.25) is 5.82 Å². The first kappa shape index (κ1) is 17.1. The number of aromatic nitrogens is 4. The zero-order valence-electron chi connectivity index (χ0n) is 13.6. The van der Waals surface area contributed by atoms with E-state index in [1.54, 1.807) is 16.8 Å². The molecule has 130 valence electrons. The molecule has 1 aliphatic heterocycles. The zero-order chi connectivity index (χ0) is 18.0. The number of hydrogen-bond donors (Lipinski definition) is 2. The van der Waals surface area contributed by atoms with Crippen molar-refractivity contribution in [3.05, 3.63) is 35.2 Å². The van der Waals surface area contributed by atoms with Crippen molar-refractivity contribution in [3.8, 4) is 5.75 Å². The minimum Gasteiger partial charge on any atom is -0.535 e. The van der Waals surface area contributed by atoms with Crippen LogP contribution in [0.3, 0.4) is 0 Å². The SMILES string of the molecule is CCn1nnnc1CC(=O)C[C@H]1Cc2cccc(C(=O)O)c2OB1O. The molecule has 0 fully saturated rings. The van der Waals surface area contributed by atoms with Crippen LogP contribution in [-0.2, 0) is 24.2 Å². The third-order valence-corrected chi connectivity index (χ3v) is 4.20. The lowest BCUT2D eigenvalue weighted by atomic mass is 9.64. The van der Waals surface area contributed by atoms with Gasteiger partial charge in [0, 0.05) is 18.8 Å². The van der Waals surface area contributed by atoms with Gasteiger partial charge in [-0.1, -0.05) is 12.1 Å². The molecule has 9 nitrogen and oxygen atoms in total. The number of ketones is 1. The van der Waals surface area contributed by atoms with Crippen molar-refractivity contribution in [2.45, 2.75) is 38.5 Å². The van der Waals surface area contributed by atoms with Crippen LogP contribution in [0.5, 0.6) is 5.75 Å². The van der Waals surface area contributed by atoms with Crippen LogP contribution < -0.4 is 4.65 Å². The van der Waals surface area contributed by atoms with Crippen LogP contribution in [0.1, 0.15) is 35.1 Å². The van der Waals surface area contributed by atoms with E-state index in [4.69, 9.17) is 4.65 Å². The van der Waals surface area contributed by atoms with Gasteiger partial charge in [-0.05, 0) is 35.4 Å². The Balaban J connectivity index is 1.71. The monoisotopic (exact) mass is 344 g/mol. The van der Waals surface area contributed by atoms with Gasteiger partial charge in [0.25, 0.3) is 0 Å². The molecule has 2 N–H and O–H groups in total. The Morgan fingerprint density at radius 1 is 1.44 bits per heavy atom. The van der Waals surface area contributed by atoms with Crippen LogP contribution in [-0.4, -0.2) is 49.2 Å². The van der Waals surface area contributed by atoms with Crippen LogP contribution in [0.15, 0.2) is 18.2 Å². The van der Waals surface area contributed by atoms with Crippen LogP contribution in [0.4, 0.5) is 0 Å². The quantitative estimate of drug-likeness (QED) is 0.720. The minimum absolute atomic E-state index is 0.00319. The number of carboxylic acid groups (broad SMARTS) is 1. The fourth-order valence-corrected chi connectivity index (χ4v) is 2.96. The average molecular weight is 344 g/mol. The van der Waals surface area contributed by atoms with Gasteiger partial charge < -0.3 is 14.8 Å². The number of rotatable bonds is 6. The highest BCUT2D eigenvalue weighted by Crippen LogP contribution is 2.36. The molecule has 0 radical (unpaired) electrons. The number of aromatic carboxylic acids is 1. The molecule has 2 heterocycles. The number of nitrogens with zero attached hydrogens (tertiary/aromatic N) is 4. The van der Waals surface area contributed by atoms with E-state index >= 15 is 0 Å². The molecule has 1 atom stereocenters. The number of Topliss-reactive ketones (excluding diaryl/α,β-unsaturated/α-hetero) is 1. The van der Waals surface area contributed by atoms with Gasteiger partial charge >= 0.3 is 13.1 Å². The summed E-state index contributed by atoms with van der Waals surface area (Å²) in [5.74, 6) is -1.04. The highest BCUT2D eigenvalue weighted by atomic mass is 16.5. The Labute approximate surface area is 143 Å². The molecule has 1 aliphatic rings. The Morgan fingerprint density at radius 3 is 2.96 bits per heavy atom. The molecule has 0 unspecified atom stereocenters. The third-order valence-electron chi connectivity index (χ3n) is 4.20. The molecule has 0 bridgehead atoms. The number of carbonyl (C=O) groups excluding carboxylic acids is 1. The predicted molar refractivity (Wildman–Crippen MR) is 86.3 cm³/mol. The summed E-state index contributed by atoms with van der Waals surface area (Å²) in [4.78, 5) is 23.5. The fraction of sp³-hybridized carbons (Fsp3) is 0.400. The van der Waals surface area contributed by atoms with E-state index in [1.165, 1.54) is 6.07 Å². The predicted octanol–water partition coefficient (Wildman–Crippen LogP) is 0.379. The molecule has 2 aromatic rings. The number of carboxylic acids is 1. The molecule has 0 saturated heterocycles. The second-order valence-corrected chi connectivity index (χ2v) is 5.90. The van der Waals surface area contributed by atoms with E-state index in [0.717, 1.165) is 0 Å². The van der Waals surface area contributed by atoms with Crippen molar-refractivity contribution in [1.29, 1.82) is 0 Å². The van der Waals surface area contributed by atoms with Gasteiger partial charge in [0.15, 0.2) is 5.82 Å². The molecule has 0 saturated carbocycles. The fourth-order valence-electron chi connectivity index (χ4n) is 2.96. The molecule has 3 rings (SSSR count). The summed E-state index contributed by atoms with van der Waals surface area (Å²) in [5, 5.41) is 30.5. The summed E-state index contributed by atoms with van der Waals surface area (Å²) in [6.45, 7) is 2.44. The van der Waals surface area contributed by atoms with Gasteiger partial charge in [0.2, 0.25) is 0 Å². The molecular formula is C15H17BN4O5. The first-order valence-electron chi connectivity index (χ1n) is 7.96. The lowest BCUT2D eigenvalue weighted by Gasteiger charge is -2.27. The summed E-state index contributed by atoms with van der Waals surface area (Å²) in [5.41, 5.74) is 0.671. The topological polar surface area (TPSA) is 127 Å². The van der Waals surface area contributed by atoms with Gasteiger partial charge in [-0.3, -0.25) is 4.79 Å². The van der Waals surface area contributed by atoms with Gasteiger partial charge in [-0.15, -0.1) is 5.10 Å². The first-order chi connectivity index (χ1) is 12.0. The van der Waals surface area contributed by atoms with E-state index in [1.807, 2.05) is 6.92 Å². The van der Waals surface area contributed by atoms with Crippen molar-refractivity contribution in [2.75, 3.05) is 0 Å².